The van der Waals surface area contributed by atoms with E-state index in [1.54, 1.807) is 12.1 Å². The number of anilines is 1. The van der Waals surface area contributed by atoms with Gasteiger partial charge in [0, 0.05) is 31.1 Å². The van der Waals surface area contributed by atoms with Crippen LogP contribution in [0.2, 0.25) is 0 Å². The topological polar surface area (TPSA) is 67.3 Å². The molecule has 0 spiro atoms. The van der Waals surface area contributed by atoms with Crippen LogP contribution < -0.4 is 10.6 Å². The van der Waals surface area contributed by atoms with Crippen LogP contribution in [0.4, 0.5) is 5.69 Å². The Morgan fingerprint density at radius 3 is 2.57 bits per heavy atom. The van der Waals surface area contributed by atoms with Gasteiger partial charge in [-0.3, -0.25) is 0 Å². The number of hydrogen-bond donors (Lipinski definition) is 2. The second-order valence-corrected chi connectivity index (χ2v) is 6.80. The largest absolute Gasteiger partial charge is 0.508 e. The minimum atomic E-state index is 0.281. The molecular weight excluding hydrogens is 288 g/mol. The zero-order valence-electron chi connectivity index (χ0n) is 13.4. The van der Waals surface area contributed by atoms with Crippen molar-refractivity contribution in [3.63, 3.8) is 0 Å². The van der Waals surface area contributed by atoms with Crippen LogP contribution in [0.1, 0.15) is 43.7 Å². The molecule has 1 aromatic heterocycles. The van der Waals surface area contributed by atoms with E-state index in [0.29, 0.717) is 12.0 Å². The summed E-state index contributed by atoms with van der Waals surface area (Å²) in [5, 5.41) is 14.5. The van der Waals surface area contributed by atoms with Crippen molar-refractivity contribution >= 4 is 5.69 Å². The Kier molecular flexibility index (Phi) is 3.73. The molecule has 4 rings (SSSR count). The first-order valence-electron chi connectivity index (χ1n) is 8.60. The maximum atomic E-state index is 9.79. The van der Waals surface area contributed by atoms with Gasteiger partial charge in [-0.2, -0.15) is 5.10 Å². The van der Waals surface area contributed by atoms with Crippen LogP contribution in [0, 0.1) is 0 Å². The molecule has 2 heterocycles. The van der Waals surface area contributed by atoms with Crippen LogP contribution >= 0.6 is 0 Å². The van der Waals surface area contributed by atoms with Crippen LogP contribution in [-0.2, 0) is 0 Å². The summed E-state index contributed by atoms with van der Waals surface area (Å²) in [6.45, 7) is 2.01. The summed E-state index contributed by atoms with van der Waals surface area (Å²) in [6.07, 6.45) is 7.83. The maximum absolute atomic E-state index is 9.79. The van der Waals surface area contributed by atoms with Crippen LogP contribution in [0.3, 0.4) is 0 Å². The van der Waals surface area contributed by atoms with Gasteiger partial charge in [-0.15, -0.1) is 0 Å². The number of nitrogens with zero attached hydrogens (tertiary/aromatic N) is 3. The molecule has 2 aromatic rings. The van der Waals surface area contributed by atoms with Crippen molar-refractivity contribution in [2.24, 2.45) is 5.73 Å². The Labute approximate surface area is 136 Å². The molecule has 0 radical (unpaired) electrons. The van der Waals surface area contributed by atoms with Crippen molar-refractivity contribution in [2.45, 2.75) is 44.1 Å². The standard InChI is InChI=1S/C18H24N4O/c19-14-7-9-21(10-8-14)17-12-20-22(18(17)13-3-1-4-13)15-5-2-6-16(23)11-15/h2,5-6,11-14,23H,1,3-4,7-10,19H2. The van der Waals surface area contributed by atoms with E-state index < -0.39 is 0 Å². The molecule has 1 saturated carbocycles. The van der Waals surface area contributed by atoms with Gasteiger partial charge in [0.05, 0.1) is 23.3 Å². The lowest BCUT2D eigenvalue weighted by molar-refractivity contribution is 0.401. The van der Waals surface area contributed by atoms with Crippen LogP contribution in [0.5, 0.6) is 5.75 Å². The predicted octanol–water partition coefficient (Wildman–Crippen LogP) is 2.77. The summed E-state index contributed by atoms with van der Waals surface area (Å²) in [4.78, 5) is 2.43. The molecule has 5 heteroatoms. The van der Waals surface area contributed by atoms with E-state index in [1.165, 1.54) is 30.6 Å². The average molecular weight is 312 g/mol. The van der Waals surface area contributed by atoms with E-state index in [1.807, 2.05) is 23.0 Å². The van der Waals surface area contributed by atoms with Crippen molar-refractivity contribution < 1.29 is 5.11 Å². The summed E-state index contributed by atoms with van der Waals surface area (Å²) in [6, 6.07) is 7.69. The molecule has 23 heavy (non-hydrogen) atoms. The van der Waals surface area contributed by atoms with Gasteiger partial charge in [-0.05, 0) is 37.8 Å². The molecular formula is C18H24N4O. The van der Waals surface area contributed by atoms with Crippen LogP contribution in [-0.4, -0.2) is 34.0 Å². The van der Waals surface area contributed by atoms with Gasteiger partial charge in [0.15, 0.2) is 0 Å². The molecule has 0 amide bonds. The molecule has 2 aliphatic rings. The van der Waals surface area contributed by atoms with E-state index in [0.717, 1.165) is 31.6 Å². The zero-order chi connectivity index (χ0) is 15.8. The summed E-state index contributed by atoms with van der Waals surface area (Å²) in [5.41, 5.74) is 9.54. The molecule has 2 fully saturated rings. The number of rotatable bonds is 3. The van der Waals surface area contributed by atoms with Crippen molar-refractivity contribution in [1.29, 1.82) is 0 Å². The predicted molar refractivity (Wildman–Crippen MR) is 91.2 cm³/mol. The highest BCUT2D eigenvalue weighted by Gasteiger charge is 2.30. The highest BCUT2D eigenvalue weighted by atomic mass is 16.3. The number of nitrogens with two attached hydrogens (primary N) is 1. The molecule has 0 atom stereocenters. The highest BCUT2D eigenvalue weighted by molar-refractivity contribution is 5.55. The van der Waals surface area contributed by atoms with Crippen LogP contribution in [0.25, 0.3) is 5.69 Å². The number of phenols is 1. The van der Waals surface area contributed by atoms with Crippen molar-refractivity contribution in [2.75, 3.05) is 18.0 Å². The van der Waals surface area contributed by atoms with Gasteiger partial charge in [0.2, 0.25) is 0 Å². The molecule has 1 aliphatic carbocycles. The molecule has 5 nitrogen and oxygen atoms in total. The van der Waals surface area contributed by atoms with Gasteiger partial charge >= 0.3 is 0 Å². The number of aromatic nitrogens is 2. The monoisotopic (exact) mass is 312 g/mol. The Balaban J connectivity index is 1.72. The highest BCUT2D eigenvalue weighted by Crippen LogP contribution is 2.42. The number of benzene rings is 1. The average Bonchev–Trinajstić information content (AvgIpc) is 2.91. The third-order valence-electron chi connectivity index (χ3n) is 5.23. The molecule has 3 N–H and O–H groups in total. The van der Waals surface area contributed by atoms with E-state index in [4.69, 9.17) is 5.73 Å². The fourth-order valence-electron chi connectivity index (χ4n) is 3.63. The van der Waals surface area contributed by atoms with Gasteiger partial charge in [-0.25, -0.2) is 4.68 Å². The minimum Gasteiger partial charge on any atom is -0.508 e. The normalized spacial score (nSPS) is 19.8. The smallest absolute Gasteiger partial charge is 0.117 e. The first-order valence-corrected chi connectivity index (χ1v) is 8.60. The Bertz CT molecular complexity index is 684. The summed E-state index contributed by atoms with van der Waals surface area (Å²) in [5.74, 6) is 0.855. The first kappa shape index (κ1) is 14.6. The van der Waals surface area contributed by atoms with Crippen molar-refractivity contribution in [1.82, 2.24) is 9.78 Å². The zero-order valence-corrected chi connectivity index (χ0v) is 13.4. The van der Waals surface area contributed by atoms with Crippen molar-refractivity contribution in [3.8, 4) is 11.4 Å². The summed E-state index contributed by atoms with van der Waals surface area (Å²) >= 11 is 0. The van der Waals surface area contributed by atoms with Gasteiger partial charge in [0.1, 0.15) is 5.75 Å². The van der Waals surface area contributed by atoms with Crippen molar-refractivity contribution in [3.05, 3.63) is 36.2 Å². The Morgan fingerprint density at radius 2 is 1.91 bits per heavy atom. The molecule has 1 aliphatic heterocycles. The second-order valence-electron chi connectivity index (χ2n) is 6.80. The number of hydrogen-bond acceptors (Lipinski definition) is 4. The quantitative estimate of drug-likeness (QED) is 0.914. The fraction of sp³-hybridized carbons (Fsp3) is 0.500. The maximum Gasteiger partial charge on any atom is 0.117 e. The van der Waals surface area contributed by atoms with E-state index in [9.17, 15) is 5.11 Å². The molecule has 1 aromatic carbocycles. The van der Waals surface area contributed by atoms with E-state index >= 15 is 0 Å². The second kappa shape index (κ2) is 5.89. The Morgan fingerprint density at radius 1 is 1.13 bits per heavy atom. The van der Waals surface area contributed by atoms with E-state index in [2.05, 4.69) is 10.00 Å². The van der Waals surface area contributed by atoms with Gasteiger partial charge in [0.25, 0.3) is 0 Å². The van der Waals surface area contributed by atoms with Gasteiger partial charge < -0.3 is 15.7 Å². The lowest BCUT2D eigenvalue weighted by Gasteiger charge is -2.35. The summed E-state index contributed by atoms with van der Waals surface area (Å²) < 4.78 is 2.02. The number of piperidine rings is 1. The molecule has 0 unspecified atom stereocenters. The SMILES string of the molecule is NC1CCN(c2cnn(-c3cccc(O)c3)c2C2CCC2)CC1. The molecule has 0 bridgehead atoms. The van der Waals surface area contributed by atoms with Gasteiger partial charge in [-0.1, -0.05) is 12.5 Å². The first-order chi connectivity index (χ1) is 11.2. The van der Waals surface area contributed by atoms with Crippen LogP contribution in [0.15, 0.2) is 30.5 Å². The summed E-state index contributed by atoms with van der Waals surface area (Å²) in [7, 11) is 0. The molecule has 1 saturated heterocycles. The lowest BCUT2D eigenvalue weighted by atomic mass is 9.82. The third kappa shape index (κ3) is 2.70. The van der Waals surface area contributed by atoms with E-state index in [-0.39, 0.29) is 5.75 Å². The number of aromatic hydroxyl groups is 1. The minimum absolute atomic E-state index is 0.281. The Hall–Kier alpha value is -2.01. The lowest BCUT2D eigenvalue weighted by Crippen LogP contribution is -2.40. The third-order valence-corrected chi connectivity index (χ3v) is 5.23. The molecule has 122 valence electrons. The number of phenolic OH excluding ortho intramolecular Hbond substituents is 1. The fourth-order valence-corrected chi connectivity index (χ4v) is 3.63.